The number of carbonyl (C=O) groups excluding carboxylic acids is 1. The second-order valence-electron chi connectivity index (χ2n) is 4.23. The van der Waals surface area contributed by atoms with Crippen LogP contribution in [0.4, 0.5) is 0 Å². The molecule has 0 aliphatic rings. The molecular weight excluding hydrogens is 228 g/mol. The first-order valence-electron chi connectivity index (χ1n) is 5.81. The first kappa shape index (κ1) is 12.4. The van der Waals surface area contributed by atoms with E-state index < -0.39 is 0 Å². The summed E-state index contributed by atoms with van der Waals surface area (Å²) in [6, 6.07) is 7.65. The predicted molar refractivity (Wildman–Crippen MR) is 69.1 cm³/mol. The van der Waals surface area contributed by atoms with E-state index in [1.807, 2.05) is 35.8 Å². The molecule has 0 saturated carbocycles. The smallest absolute Gasteiger partial charge is 0.328 e. The lowest BCUT2D eigenvalue weighted by Crippen LogP contribution is -2.18. The highest BCUT2D eigenvalue weighted by molar-refractivity contribution is 5.74. The van der Waals surface area contributed by atoms with Crippen LogP contribution in [-0.2, 0) is 9.53 Å². The Kier molecular flexibility index (Phi) is 3.46. The van der Waals surface area contributed by atoms with Gasteiger partial charge in [0, 0.05) is 18.0 Å². The molecule has 0 fully saturated rings. The lowest BCUT2D eigenvalue weighted by molar-refractivity contribution is -0.143. The number of rotatable bonds is 3. The molecule has 94 valence electrons. The highest BCUT2D eigenvalue weighted by Crippen LogP contribution is 2.22. The first-order chi connectivity index (χ1) is 8.63. The number of hydrogen-bond acceptors (Lipinski definition) is 3. The van der Waals surface area contributed by atoms with Gasteiger partial charge in [0.25, 0.3) is 0 Å². The molecule has 0 aliphatic heterocycles. The molecule has 1 unspecified atom stereocenters. The van der Waals surface area contributed by atoms with Crippen LogP contribution in [0.25, 0.3) is 11.4 Å². The van der Waals surface area contributed by atoms with E-state index in [1.165, 1.54) is 7.11 Å². The van der Waals surface area contributed by atoms with Gasteiger partial charge in [-0.05, 0) is 19.9 Å². The van der Waals surface area contributed by atoms with Crippen LogP contribution in [0.3, 0.4) is 0 Å². The zero-order valence-corrected chi connectivity index (χ0v) is 10.8. The molecule has 1 aromatic heterocycles. The van der Waals surface area contributed by atoms with Crippen molar-refractivity contribution in [2.75, 3.05) is 7.11 Å². The summed E-state index contributed by atoms with van der Waals surface area (Å²) in [7, 11) is 1.39. The molecule has 0 amide bonds. The normalized spacial score (nSPS) is 12.2. The zero-order valence-electron chi connectivity index (χ0n) is 10.8. The van der Waals surface area contributed by atoms with Crippen LogP contribution in [-0.4, -0.2) is 22.6 Å². The number of imidazole rings is 1. The number of aryl methyl sites for hydroxylation is 1. The maximum absolute atomic E-state index is 11.6. The van der Waals surface area contributed by atoms with Crippen LogP contribution in [0, 0.1) is 6.92 Å². The molecule has 1 heterocycles. The molecule has 2 aromatic rings. The van der Waals surface area contributed by atoms with Crippen LogP contribution in [0.2, 0.25) is 0 Å². The third kappa shape index (κ3) is 2.27. The summed E-state index contributed by atoms with van der Waals surface area (Å²) in [5, 5.41) is 0. The monoisotopic (exact) mass is 244 g/mol. The number of carbonyl (C=O) groups is 1. The quantitative estimate of drug-likeness (QED) is 0.779. The third-order valence-electron chi connectivity index (χ3n) is 2.90. The molecule has 4 heteroatoms. The number of ether oxygens (including phenoxy) is 1. The fraction of sp³-hybridized carbons (Fsp3) is 0.286. The van der Waals surface area contributed by atoms with Gasteiger partial charge in [0.1, 0.15) is 11.9 Å². The molecule has 18 heavy (non-hydrogen) atoms. The zero-order chi connectivity index (χ0) is 13.1. The fourth-order valence-electron chi connectivity index (χ4n) is 1.92. The van der Waals surface area contributed by atoms with Crippen molar-refractivity contribution >= 4 is 5.97 Å². The molecule has 1 atom stereocenters. The van der Waals surface area contributed by atoms with E-state index in [0.717, 1.165) is 17.0 Å². The van der Waals surface area contributed by atoms with E-state index in [4.69, 9.17) is 4.74 Å². The van der Waals surface area contributed by atoms with Crippen molar-refractivity contribution in [3.8, 4) is 11.4 Å². The van der Waals surface area contributed by atoms with Crippen LogP contribution in [0.5, 0.6) is 0 Å². The number of methoxy groups -OCH3 is 1. The molecule has 0 N–H and O–H groups in total. The van der Waals surface area contributed by atoms with Crippen molar-refractivity contribution in [2.24, 2.45) is 0 Å². The fourth-order valence-corrected chi connectivity index (χ4v) is 1.92. The molecule has 2 rings (SSSR count). The number of nitrogens with zero attached hydrogens (tertiary/aromatic N) is 2. The van der Waals surface area contributed by atoms with Crippen molar-refractivity contribution < 1.29 is 9.53 Å². The summed E-state index contributed by atoms with van der Waals surface area (Å²) >= 11 is 0. The van der Waals surface area contributed by atoms with E-state index in [9.17, 15) is 4.79 Å². The lowest BCUT2D eigenvalue weighted by atomic mass is 10.1. The van der Waals surface area contributed by atoms with Crippen molar-refractivity contribution in [3.05, 3.63) is 42.2 Å². The number of esters is 1. The summed E-state index contributed by atoms with van der Waals surface area (Å²) in [6.45, 7) is 3.83. The van der Waals surface area contributed by atoms with E-state index in [2.05, 4.69) is 4.98 Å². The van der Waals surface area contributed by atoms with E-state index in [-0.39, 0.29) is 12.0 Å². The van der Waals surface area contributed by atoms with Gasteiger partial charge in [0.2, 0.25) is 0 Å². The van der Waals surface area contributed by atoms with Gasteiger partial charge in [-0.3, -0.25) is 0 Å². The van der Waals surface area contributed by atoms with Gasteiger partial charge in [0.05, 0.1) is 7.11 Å². The van der Waals surface area contributed by atoms with Crippen LogP contribution in [0.15, 0.2) is 36.7 Å². The van der Waals surface area contributed by atoms with Crippen molar-refractivity contribution in [2.45, 2.75) is 19.9 Å². The highest BCUT2D eigenvalue weighted by atomic mass is 16.5. The molecule has 4 nitrogen and oxygen atoms in total. The lowest BCUT2D eigenvalue weighted by Gasteiger charge is -2.14. The van der Waals surface area contributed by atoms with E-state index in [0.29, 0.717) is 0 Å². The minimum atomic E-state index is -0.381. The highest BCUT2D eigenvalue weighted by Gasteiger charge is 2.18. The Morgan fingerprint density at radius 1 is 1.44 bits per heavy atom. The molecular formula is C14H16N2O2. The molecule has 0 spiro atoms. The predicted octanol–water partition coefficient (Wildman–Crippen LogP) is 2.59. The van der Waals surface area contributed by atoms with Crippen LogP contribution in [0.1, 0.15) is 18.5 Å². The largest absolute Gasteiger partial charge is 0.467 e. The average Bonchev–Trinajstić information content (AvgIpc) is 2.86. The van der Waals surface area contributed by atoms with Crippen molar-refractivity contribution in [1.82, 2.24) is 9.55 Å². The van der Waals surface area contributed by atoms with Crippen molar-refractivity contribution in [1.29, 1.82) is 0 Å². The van der Waals surface area contributed by atoms with Gasteiger partial charge in [-0.1, -0.05) is 23.8 Å². The summed E-state index contributed by atoms with van der Waals surface area (Å²) in [5.41, 5.74) is 2.16. The van der Waals surface area contributed by atoms with E-state index in [1.54, 1.807) is 19.3 Å². The minimum absolute atomic E-state index is 0.276. The Labute approximate surface area is 106 Å². The van der Waals surface area contributed by atoms with Gasteiger partial charge < -0.3 is 9.30 Å². The maximum atomic E-state index is 11.6. The number of aromatic nitrogens is 2. The third-order valence-corrected chi connectivity index (χ3v) is 2.90. The van der Waals surface area contributed by atoms with Crippen LogP contribution < -0.4 is 0 Å². The Morgan fingerprint density at radius 2 is 2.22 bits per heavy atom. The van der Waals surface area contributed by atoms with Gasteiger partial charge in [-0.2, -0.15) is 0 Å². The van der Waals surface area contributed by atoms with Gasteiger partial charge >= 0.3 is 5.97 Å². The standard InChI is InChI=1S/C14H16N2O2/c1-10-5-4-6-12(9-10)13-15-7-8-16(13)11(2)14(17)18-3/h4-9,11H,1-3H3. The second kappa shape index (κ2) is 5.04. The molecule has 0 saturated heterocycles. The first-order valence-corrected chi connectivity index (χ1v) is 5.81. The number of hydrogen-bond donors (Lipinski definition) is 0. The van der Waals surface area contributed by atoms with Gasteiger partial charge in [0.15, 0.2) is 0 Å². The second-order valence-corrected chi connectivity index (χ2v) is 4.23. The Morgan fingerprint density at radius 3 is 2.89 bits per heavy atom. The SMILES string of the molecule is COC(=O)C(C)n1ccnc1-c1cccc(C)c1. The molecule has 0 bridgehead atoms. The summed E-state index contributed by atoms with van der Waals surface area (Å²) < 4.78 is 6.58. The van der Waals surface area contributed by atoms with Crippen molar-refractivity contribution in [3.63, 3.8) is 0 Å². The molecule has 0 aliphatic carbocycles. The Hall–Kier alpha value is -2.10. The Balaban J connectivity index is 2.42. The average molecular weight is 244 g/mol. The van der Waals surface area contributed by atoms with Gasteiger partial charge in [-0.25, -0.2) is 9.78 Å². The van der Waals surface area contributed by atoms with Crippen LogP contribution >= 0.6 is 0 Å². The minimum Gasteiger partial charge on any atom is -0.467 e. The molecule has 1 aromatic carbocycles. The number of benzene rings is 1. The van der Waals surface area contributed by atoms with Gasteiger partial charge in [-0.15, -0.1) is 0 Å². The molecule has 0 radical (unpaired) electrons. The van der Waals surface area contributed by atoms with E-state index >= 15 is 0 Å². The summed E-state index contributed by atoms with van der Waals surface area (Å²) in [6.07, 6.45) is 3.48. The summed E-state index contributed by atoms with van der Waals surface area (Å²) in [4.78, 5) is 15.9. The summed E-state index contributed by atoms with van der Waals surface area (Å²) in [5.74, 6) is 0.499. The topological polar surface area (TPSA) is 44.1 Å². The maximum Gasteiger partial charge on any atom is 0.328 e. The Bertz CT molecular complexity index is 560.